The van der Waals surface area contributed by atoms with E-state index in [-0.39, 0.29) is 22.4 Å². The summed E-state index contributed by atoms with van der Waals surface area (Å²) in [5.74, 6) is -1.15. The summed E-state index contributed by atoms with van der Waals surface area (Å²) >= 11 is 6.05. The van der Waals surface area contributed by atoms with Crippen LogP contribution in [0.2, 0.25) is 0 Å². The molecule has 2 aromatic carbocycles. The highest BCUT2D eigenvalue weighted by atomic mass is 35.5. The molecule has 0 saturated carbocycles. The van der Waals surface area contributed by atoms with E-state index >= 15 is 0 Å². The second-order valence-electron chi connectivity index (χ2n) is 4.33. The molecule has 0 radical (unpaired) electrons. The van der Waals surface area contributed by atoms with E-state index in [0.717, 1.165) is 5.56 Å². The van der Waals surface area contributed by atoms with Crippen molar-refractivity contribution in [3.63, 3.8) is 0 Å². The second-order valence-corrected chi connectivity index (χ2v) is 4.98. The van der Waals surface area contributed by atoms with E-state index in [1.807, 2.05) is 6.07 Å². The van der Waals surface area contributed by atoms with Gasteiger partial charge in [0.05, 0.1) is 5.38 Å². The van der Waals surface area contributed by atoms with Crippen molar-refractivity contribution in [3.05, 3.63) is 53.6 Å². The Hall–Kier alpha value is -2.20. The van der Waals surface area contributed by atoms with Crippen LogP contribution in [0.25, 0.3) is 0 Å². The Bertz CT molecular complexity index is 621. The number of halogens is 1. The minimum Gasteiger partial charge on any atom is -0.507 e. The fourth-order valence-electron chi connectivity index (χ4n) is 1.90. The molecule has 0 spiro atoms. The molecule has 20 heavy (non-hydrogen) atoms. The van der Waals surface area contributed by atoms with Gasteiger partial charge in [0.15, 0.2) is 0 Å². The fourth-order valence-corrected chi connectivity index (χ4v) is 2.09. The zero-order chi connectivity index (χ0) is 14.7. The van der Waals surface area contributed by atoms with Gasteiger partial charge < -0.3 is 15.5 Å². The van der Waals surface area contributed by atoms with Crippen LogP contribution in [0.1, 0.15) is 28.2 Å². The average molecular weight is 292 g/mol. The lowest BCUT2D eigenvalue weighted by Gasteiger charge is -2.13. The van der Waals surface area contributed by atoms with Gasteiger partial charge in [0, 0.05) is 5.69 Å². The normalized spacial score (nSPS) is 11.9. The number of carbonyl (C=O) groups is 1. The minimum absolute atomic E-state index is 0.162. The summed E-state index contributed by atoms with van der Waals surface area (Å²) < 4.78 is 0. The Labute approximate surface area is 121 Å². The summed E-state index contributed by atoms with van der Waals surface area (Å²) in [6.07, 6.45) is 0. The molecule has 0 saturated heterocycles. The van der Waals surface area contributed by atoms with Crippen LogP contribution in [0.3, 0.4) is 0 Å². The molecule has 0 bridgehead atoms. The standard InChI is InChI=1S/C15H14ClNO3/c1-9(16)10-5-2-3-6-11(10)17-15(20)14-12(18)7-4-8-13(14)19/h2-9,18-19H,1H3,(H,17,20). The number of aromatic hydroxyl groups is 2. The molecule has 2 rings (SSSR count). The first-order chi connectivity index (χ1) is 9.50. The molecule has 1 unspecified atom stereocenters. The van der Waals surface area contributed by atoms with Gasteiger partial charge in [-0.2, -0.15) is 0 Å². The molecule has 5 heteroatoms. The van der Waals surface area contributed by atoms with Crippen LogP contribution >= 0.6 is 11.6 Å². The highest BCUT2D eigenvalue weighted by Crippen LogP contribution is 2.30. The van der Waals surface area contributed by atoms with Crippen LogP contribution in [0.4, 0.5) is 5.69 Å². The van der Waals surface area contributed by atoms with Crippen LogP contribution in [-0.2, 0) is 0 Å². The van der Waals surface area contributed by atoms with E-state index in [0.29, 0.717) is 5.69 Å². The third-order valence-corrected chi connectivity index (χ3v) is 3.12. The van der Waals surface area contributed by atoms with E-state index in [4.69, 9.17) is 11.6 Å². The van der Waals surface area contributed by atoms with Gasteiger partial charge >= 0.3 is 0 Å². The molecular weight excluding hydrogens is 278 g/mol. The molecule has 0 aliphatic carbocycles. The Morgan fingerprint density at radius 2 is 1.70 bits per heavy atom. The Kier molecular flexibility index (Phi) is 4.15. The van der Waals surface area contributed by atoms with Gasteiger partial charge in [0.2, 0.25) is 0 Å². The predicted molar refractivity (Wildman–Crippen MR) is 78.4 cm³/mol. The van der Waals surface area contributed by atoms with Gasteiger partial charge in [-0.05, 0) is 30.7 Å². The molecule has 1 amide bonds. The minimum atomic E-state index is -0.592. The second kappa shape index (κ2) is 5.84. The van der Waals surface area contributed by atoms with Gasteiger partial charge in [-0.3, -0.25) is 4.79 Å². The van der Waals surface area contributed by atoms with Crippen LogP contribution in [-0.4, -0.2) is 16.1 Å². The molecule has 3 N–H and O–H groups in total. The average Bonchev–Trinajstić information content (AvgIpc) is 2.38. The lowest BCUT2D eigenvalue weighted by atomic mass is 10.1. The fraction of sp³-hybridized carbons (Fsp3) is 0.133. The lowest BCUT2D eigenvalue weighted by Crippen LogP contribution is -2.13. The maximum Gasteiger partial charge on any atom is 0.263 e. The number of carbonyl (C=O) groups excluding carboxylic acids is 1. The molecule has 0 aromatic heterocycles. The number of hydrogen-bond acceptors (Lipinski definition) is 3. The number of anilines is 1. The summed E-state index contributed by atoms with van der Waals surface area (Å²) in [5.41, 5.74) is 1.14. The first-order valence-corrected chi connectivity index (χ1v) is 6.49. The van der Waals surface area contributed by atoms with Crippen LogP contribution in [0.5, 0.6) is 11.5 Å². The van der Waals surface area contributed by atoms with Crippen LogP contribution in [0.15, 0.2) is 42.5 Å². The van der Waals surface area contributed by atoms with Gasteiger partial charge in [-0.1, -0.05) is 24.3 Å². The summed E-state index contributed by atoms with van der Waals surface area (Å²) in [7, 11) is 0. The molecule has 4 nitrogen and oxygen atoms in total. The molecule has 104 valence electrons. The van der Waals surface area contributed by atoms with Crippen LogP contribution < -0.4 is 5.32 Å². The van der Waals surface area contributed by atoms with E-state index in [9.17, 15) is 15.0 Å². The lowest BCUT2D eigenvalue weighted by molar-refractivity contribution is 0.102. The first-order valence-electron chi connectivity index (χ1n) is 6.06. The smallest absolute Gasteiger partial charge is 0.263 e. The Morgan fingerprint density at radius 3 is 2.30 bits per heavy atom. The molecule has 0 fully saturated rings. The SMILES string of the molecule is CC(Cl)c1ccccc1NC(=O)c1c(O)cccc1O. The number of benzene rings is 2. The zero-order valence-corrected chi connectivity index (χ0v) is 11.6. The molecule has 0 aliphatic heterocycles. The van der Waals surface area contributed by atoms with Crippen molar-refractivity contribution < 1.29 is 15.0 Å². The summed E-state index contributed by atoms with van der Waals surface area (Å²) in [4.78, 5) is 12.2. The molecular formula is C15H14ClNO3. The highest BCUT2D eigenvalue weighted by molar-refractivity contribution is 6.21. The third-order valence-electron chi connectivity index (χ3n) is 2.89. The number of alkyl halides is 1. The van der Waals surface area contributed by atoms with Crippen LogP contribution in [0, 0.1) is 0 Å². The van der Waals surface area contributed by atoms with Crippen molar-refractivity contribution in [2.75, 3.05) is 5.32 Å². The Balaban J connectivity index is 2.33. The maximum atomic E-state index is 12.2. The third kappa shape index (κ3) is 2.86. The topological polar surface area (TPSA) is 69.6 Å². The number of nitrogens with one attached hydrogen (secondary N) is 1. The predicted octanol–water partition coefficient (Wildman–Crippen LogP) is 3.65. The summed E-state index contributed by atoms with van der Waals surface area (Å²) in [6.45, 7) is 1.80. The maximum absolute atomic E-state index is 12.2. The highest BCUT2D eigenvalue weighted by Gasteiger charge is 2.18. The van der Waals surface area contributed by atoms with Crippen molar-refractivity contribution in [1.82, 2.24) is 0 Å². The summed E-state index contributed by atoms with van der Waals surface area (Å²) in [5, 5.41) is 21.7. The number of rotatable bonds is 3. The number of hydrogen-bond donors (Lipinski definition) is 3. The van der Waals surface area contributed by atoms with Crippen molar-refractivity contribution in [1.29, 1.82) is 0 Å². The molecule has 1 atom stereocenters. The van der Waals surface area contributed by atoms with Gasteiger partial charge in [0.1, 0.15) is 17.1 Å². The number of amides is 1. The van der Waals surface area contributed by atoms with Crippen molar-refractivity contribution in [2.24, 2.45) is 0 Å². The molecule has 0 aliphatic rings. The largest absolute Gasteiger partial charge is 0.507 e. The zero-order valence-electron chi connectivity index (χ0n) is 10.8. The van der Waals surface area contributed by atoms with Crippen molar-refractivity contribution in [3.8, 4) is 11.5 Å². The van der Waals surface area contributed by atoms with E-state index < -0.39 is 5.91 Å². The molecule has 2 aromatic rings. The van der Waals surface area contributed by atoms with E-state index in [2.05, 4.69) is 5.32 Å². The van der Waals surface area contributed by atoms with Gasteiger partial charge in [-0.15, -0.1) is 11.6 Å². The monoisotopic (exact) mass is 291 g/mol. The van der Waals surface area contributed by atoms with Crippen molar-refractivity contribution >= 4 is 23.2 Å². The quantitative estimate of drug-likeness (QED) is 0.756. The first kappa shape index (κ1) is 14.2. The van der Waals surface area contributed by atoms with E-state index in [1.54, 1.807) is 25.1 Å². The number of phenols is 2. The number of para-hydroxylation sites is 1. The van der Waals surface area contributed by atoms with E-state index in [1.165, 1.54) is 18.2 Å². The molecule has 0 heterocycles. The van der Waals surface area contributed by atoms with Crippen molar-refractivity contribution in [2.45, 2.75) is 12.3 Å². The number of phenolic OH excluding ortho intramolecular Hbond substituents is 2. The summed E-state index contributed by atoms with van der Waals surface area (Å²) in [6, 6.07) is 11.2. The Morgan fingerprint density at radius 1 is 1.10 bits per heavy atom. The van der Waals surface area contributed by atoms with Gasteiger partial charge in [-0.25, -0.2) is 0 Å². The van der Waals surface area contributed by atoms with Gasteiger partial charge in [0.25, 0.3) is 5.91 Å².